The zero-order chi connectivity index (χ0) is 15.4. The van der Waals surface area contributed by atoms with Gasteiger partial charge in [-0.05, 0) is 42.2 Å². The monoisotopic (exact) mass is 309 g/mol. The minimum absolute atomic E-state index is 0.198. The van der Waals surface area contributed by atoms with Gasteiger partial charge in [-0.1, -0.05) is 26.7 Å². The third-order valence-corrected chi connectivity index (χ3v) is 5.43. The summed E-state index contributed by atoms with van der Waals surface area (Å²) in [6.45, 7) is 6.06. The summed E-state index contributed by atoms with van der Waals surface area (Å²) in [6.07, 6.45) is 3.38. The van der Waals surface area contributed by atoms with Crippen molar-refractivity contribution in [2.75, 3.05) is 6.61 Å². The molecule has 0 aliphatic heterocycles. The first-order valence-electron chi connectivity index (χ1n) is 7.49. The average molecular weight is 309 g/mol. The Morgan fingerprint density at radius 2 is 2.14 bits per heavy atom. The van der Waals surface area contributed by atoms with Gasteiger partial charge in [0.1, 0.15) is 4.88 Å². The van der Waals surface area contributed by atoms with E-state index >= 15 is 0 Å². The molecule has 4 nitrogen and oxygen atoms in total. The first-order valence-corrected chi connectivity index (χ1v) is 8.37. The number of aryl methyl sites for hydroxylation is 1. The van der Waals surface area contributed by atoms with Gasteiger partial charge in [0.25, 0.3) is 5.91 Å². The van der Waals surface area contributed by atoms with Crippen LogP contribution in [0.2, 0.25) is 0 Å². The van der Waals surface area contributed by atoms with Crippen molar-refractivity contribution in [3.63, 3.8) is 0 Å². The Bertz CT molecular complexity index is 511. The van der Waals surface area contributed by atoms with Gasteiger partial charge >= 0.3 is 5.97 Å². The van der Waals surface area contributed by atoms with Crippen LogP contribution in [0.5, 0.6) is 0 Å². The summed E-state index contributed by atoms with van der Waals surface area (Å²) >= 11 is 1.34. The Balaban J connectivity index is 1.80. The molecular formula is C16H23NO3S. The molecule has 0 saturated heterocycles. The first-order chi connectivity index (χ1) is 9.99. The molecule has 0 unspecified atom stereocenters. The van der Waals surface area contributed by atoms with E-state index in [4.69, 9.17) is 4.74 Å². The Morgan fingerprint density at radius 3 is 2.81 bits per heavy atom. The molecule has 0 spiro atoms. The molecule has 1 N–H and O–H groups in total. The summed E-state index contributed by atoms with van der Waals surface area (Å²) in [5, 5.41) is 4.85. The molecule has 21 heavy (non-hydrogen) atoms. The molecule has 1 saturated carbocycles. The molecule has 0 aromatic carbocycles. The van der Waals surface area contributed by atoms with E-state index in [9.17, 15) is 9.59 Å². The van der Waals surface area contributed by atoms with E-state index < -0.39 is 5.97 Å². The van der Waals surface area contributed by atoms with E-state index in [2.05, 4.69) is 19.2 Å². The number of amides is 1. The van der Waals surface area contributed by atoms with Gasteiger partial charge in [-0.25, -0.2) is 4.79 Å². The zero-order valence-corrected chi connectivity index (χ0v) is 13.7. The van der Waals surface area contributed by atoms with E-state index in [1.165, 1.54) is 17.8 Å². The van der Waals surface area contributed by atoms with Gasteiger partial charge in [-0.15, -0.1) is 11.3 Å². The fourth-order valence-electron chi connectivity index (χ4n) is 2.81. The Hall–Kier alpha value is -1.36. The fourth-order valence-corrected chi connectivity index (χ4v) is 3.63. The van der Waals surface area contributed by atoms with Gasteiger partial charge in [0.15, 0.2) is 6.61 Å². The predicted molar refractivity (Wildman–Crippen MR) is 83.4 cm³/mol. The van der Waals surface area contributed by atoms with Crippen molar-refractivity contribution in [3.05, 3.63) is 21.9 Å². The highest BCUT2D eigenvalue weighted by molar-refractivity contribution is 7.12. The third-order valence-electron chi connectivity index (χ3n) is 4.44. The Morgan fingerprint density at radius 1 is 1.38 bits per heavy atom. The molecule has 1 heterocycles. The van der Waals surface area contributed by atoms with Crippen LogP contribution in [0.4, 0.5) is 0 Å². The maximum atomic E-state index is 11.9. The lowest BCUT2D eigenvalue weighted by atomic mass is 9.78. The average Bonchev–Trinajstić information content (AvgIpc) is 2.87. The second-order valence-electron chi connectivity index (χ2n) is 5.95. The topological polar surface area (TPSA) is 55.4 Å². The second-order valence-corrected chi connectivity index (χ2v) is 6.87. The number of ether oxygens (including phenoxy) is 1. The van der Waals surface area contributed by atoms with Crippen molar-refractivity contribution >= 4 is 23.2 Å². The van der Waals surface area contributed by atoms with E-state index in [1.807, 2.05) is 18.4 Å². The van der Waals surface area contributed by atoms with Crippen LogP contribution in [0.3, 0.4) is 0 Å². The molecule has 116 valence electrons. The molecule has 1 amide bonds. The van der Waals surface area contributed by atoms with Crippen LogP contribution in [0.1, 0.15) is 48.3 Å². The number of hydrogen-bond donors (Lipinski definition) is 1. The molecule has 1 aromatic rings. The standard InChI is InChI=1S/C16H23NO3S/c1-10-5-4-6-13(12(10)3)17-14(18)9-20-16(19)15-11(2)7-8-21-15/h7-8,10,12-13H,4-6,9H2,1-3H3,(H,17,18)/t10-,12+,13-/m0/s1. The van der Waals surface area contributed by atoms with Gasteiger partial charge in [-0.2, -0.15) is 0 Å². The number of thiophene rings is 1. The smallest absolute Gasteiger partial charge is 0.349 e. The van der Waals surface area contributed by atoms with Gasteiger partial charge in [0.05, 0.1) is 0 Å². The predicted octanol–water partition coefficient (Wildman–Crippen LogP) is 3.15. The molecule has 0 radical (unpaired) electrons. The summed E-state index contributed by atoms with van der Waals surface area (Å²) in [5.41, 5.74) is 0.889. The van der Waals surface area contributed by atoms with Gasteiger partial charge in [0.2, 0.25) is 0 Å². The molecule has 1 aromatic heterocycles. The molecule has 2 rings (SSSR count). The molecule has 0 bridgehead atoms. The second kappa shape index (κ2) is 7.07. The number of nitrogens with one attached hydrogen (secondary N) is 1. The van der Waals surface area contributed by atoms with Crippen LogP contribution < -0.4 is 5.32 Å². The van der Waals surface area contributed by atoms with E-state index in [0.717, 1.165) is 18.4 Å². The fraction of sp³-hybridized carbons (Fsp3) is 0.625. The van der Waals surface area contributed by atoms with Crippen LogP contribution in [0.25, 0.3) is 0 Å². The van der Waals surface area contributed by atoms with Crippen LogP contribution in [0.15, 0.2) is 11.4 Å². The Kier molecular flexibility index (Phi) is 5.39. The summed E-state index contributed by atoms with van der Waals surface area (Å²) in [7, 11) is 0. The van der Waals surface area contributed by atoms with Gasteiger partial charge in [0, 0.05) is 6.04 Å². The largest absolute Gasteiger partial charge is 0.451 e. The normalized spacial score (nSPS) is 25.4. The number of hydrogen-bond acceptors (Lipinski definition) is 4. The SMILES string of the molecule is Cc1ccsc1C(=O)OCC(=O)N[C@H]1CCC[C@H](C)[C@H]1C. The quantitative estimate of drug-likeness (QED) is 0.869. The molecular weight excluding hydrogens is 286 g/mol. The minimum atomic E-state index is -0.414. The molecule has 1 aliphatic carbocycles. The van der Waals surface area contributed by atoms with Crippen molar-refractivity contribution in [1.82, 2.24) is 5.32 Å². The summed E-state index contributed by atoms with van der Waals surface area (Å²) in [6, 6.07) is 2.07. The summed E-state index contributed by atoms with van der Waals surface area (Å²) < 4.78 is 5.09. The number of rotatable bonds is 4. The highest BCUT2D eigenvalue weighted by Crippen LogP contribution is 2.29. The minimum Gasteiger partial charge on any atom is -0.451 e. The van der Waals surface area contributed by atoms with Crippen LogP contribution >= 0.6 is 11.3 Å². The van der Waals surface area contributed by atoms with Crippen LogP contribution in [0, 0.1) is 18.8 Å². The van der Waals surface area contributed by atoms with Crippen molar-refractivity contribution in [3.8, 4) is 0 Å². The zero-order valence-electron chi connectivity index (χ0n) is 12.8. The van der Waals surface area contributed by atoms with Crippen molar-refractivity contribution in [1.29, 1.82) is 0 Å². The summed E-state index contributed by atoms with van der Waals surface area (Å²) in [5.74, 6) is 0.476. The molecule has 5 heteroatoms. The molecule has 1 fully saturated rings. The van der Waals surface area contributed by atoms with Crippen molar-refractivity contribution in [2.24, 2.45) is 11.8 Å². The lowest BCUT2D eigenvalue weighted by Gasteiger charge is -2.34. The molecule has 1 aliphatic rings. The van der Waals surface area contributed by atoms with Crippen LogP contribution in [-0.4, -0.2) is 24.5 Å². The highest BCUT2D eigenvalue weighted by atomic mass is 32.1. The number of carbonyl (C=O) groups is 2. The van der Waals surface area contributed by atoms with Crippen molar-refractivity contribution < 1.29 is 14.3 Å². The van der Waals surface area contributed by atoms with E-state index in [0.29, 0.717) is 16.7 Å². The first kappa shape index (κ1) is 16.0. The third kappa shape index (κ3) is 4.06. The van der Waals surface area contributed by atoms with E-state index in [1.54, 1.807) is 0 Å². The lowest BCUT2D eigenvalue weighted by Crippen LogP contribution is -2.45. The maximum Gasteiger partial charge on any atom is 0.349 e. The van der Waals surface area contributed by atoms with Gasteiger partial charge in [-0.3, -0.25) is 4.79 Å². The van der Waals surface area contributed by atoms with Crippen LogP contribution in [-0.2, 0) is 9.53 Å². The van der Waals surface area contributed by atoms with E-state index in [-0.39, 0.29) is 18.6 Å². The summed E-state index contributed by atoms with van der Waals surface area (Å²) in [4.78, 5) is 24.4. The van der Waals surface area contributed by atoms with Gasteiger partial charge < -0.3 is 10.1 Å². The maximum absolute atomic E-state index is 11.9. The number of carbonyl (C=O) groups excluding carboxylic acids is 2. The molecule has 3 atom stereocenters. The highest BCUT2D eigenvalue weighted by Gasteiger charge is 2.28. The lowest BCUT2D eigenvalue weighted by molar-refractivity contribution is -0.125. The number of esters is 1. The van der Waals surface area contributed by atoms with Crippen molar-refractivity contribution in [2.45, 2.75) is 46.1 Å². The Labute approximate surface area is 129 Å².